The molecule has 2 rings (SSSR count). The van der Waals surface area contributed by atoms with E-state index in [9.17, 15) is 4.79 Å². The minimum atomic E-state index is -0.959. The molecule has 4 heteroatoms. The van der Waals surface area contributed by atoms with Gasteiger partial charge in [-0.1, -0.05) is 24.3 Å². The lowest BCUT2D eigenvalue weighted by Crippen LogP contribution is -2.32. The third kappa shape index (κ3) is 3.05. The number of ether oxygens (including phenoxy) is 1. The van der Waals surface area contributed by atoms with E-state index < -0.39 is 12.0 Å². The maximum atomic E-state index is 10.7. The Labute approximate surface area is 100 Å². The third-order valence-corrected chi connectivity index (χ3v) is 3.12. The first-order chi connectivity index (χ1) is 8.16. The number of carbonyl (C=O) groups is 1. The number of nitrogens with two attached hydrogens (primary N) is 1. The highest BCUT2D eigenvalue weighted by atomic mass is 16.5. The van der Waals surface area contributed by atoms with E-state index in [0.717, 1.165) is 25.2 Å². The fourth-order valence-electron chi connectivity index (χ4n) is 2.11. The van der Waals surface area contributed by atoms with Crippen LogP contribution in [-0.4, -0.2) is 30.3 Å². The van der Waals surface area contributed by atoms with Gasteiger partial charge in [0, 0.05) is 12.5 Å². The summed E-state index contributed by atoms with van der Waals surface area (Å²) in [6.07, 6.45) is 1.41. The summed E-state index contributed by atoms with van der Waals surface area (Å²) in [4.78, 5) is 10.7. The Morgan fingerprint density at radius 1 is 1.59 bits per heavy atom. The van der Waals surface area contributed by atoms with Crippen LogP contribution in [0.5, 0.6) is 0 Å². The Bertz CT molecular complexity index is 399. The van der Waals surface area contributed by atoms with Crippen molar-refractivity contribution in [3.8, 4) is 0 Å². The number of carboxylic acid groups (broad SMARTS) is 1. The molecule has 4 nitrogen and oxygen atoms in total. The second kappa shape index (κ2) is 5.29. The van der Waals surface area contributed by atoms with E-state index in [-0.39, 0.29) is 0 Å². The van der Waals surface area contributed by atoms with E-state index in [1.54, 1.807) is 0 Å². The molecule has 0 radical (unpaired) electrons. The summed E-state index contributed by atoms with van der Waals surface area (Å²) in [5.41, 5.74) is 7.72. The van der Waals surface area contributed by atoms with Crippen LogP contribution in [0.25, 0.3) is 0 Å². The SMILES string of the molecule is NC(Cc1cccc(C2CCOC2)c1)C(=O)O. The van der Waals surface area contributed by atoms with Crippen molar-refractivity contribution in [2.45, 2.75) is 24.8 Å². The topological polar surface area (TPSA) is 72.5 Å². The zero-order chi connectivity index (χ0) is 12.3. The molecule has 0 spiro atoms. The van der Waals surface area contributed by atoms with E-state index in [4.69, 9.17) is 15.6 Å². The van der Waals surface area contributed by atoms with Crippen LogP contribution in [0.2, 0.25) is 0 Å². The van der Waals surface area contributed by atoms with Crippen LogP contribution in [0.3, 0.4) is 0 Å². The predicted molar refractivity (Wildman–Crippen MR) is 63.9 cm³/mol. The van der Waals surface area contributed by atoms with Gasteiger partial charge in [0.2, 0.25) is 0 Å². The maximum Gasteiger partial charge on any atom is 0.320 e. The van der Waals surface area contributed by atoms with Crippen molar-refractivity contribution in [2.24, 2.45) is 5.73 Å². The van der Waals surface area contributed by atoms with Crippen LogP contribution in [0.15, 0.2) is 24.3 Å². The Hall–Kier alpha value is -1.39. The van der Waals surface area contributed by atoms with Crippen molar-refractivity contribution in [3.05, 3.63) is 35.4 Å². The van der Waals surface area contributed by atoms with E-state index >= 15 is 0 Å². The molecule has 1 aromatic rings. The Kier molecular flexibility index (Phi) is 3.76. The van der Waals surface area contributed by atoms with Gasteiger partial charge in [0.15, 0.2) is 0 Å². The molecule has 2 atom stereocenters. The first kappa shape index (κ1) is 12.1. The Morgan fingerprint density at radius 3 is 3.06 bits per heavy atom. The van der Waals surface area contributed by atoms with Gasteiger partial charge in [-0.25, -0.2) is 0 Å². The lowest BCUT2D eigenvalue weighted by Gasteiger charge is -2.11. The summed E-state index contributed by atoms with van der Waals surface area (Å²) < 4.78 is 5.35. The van der Waals surface area contributed by atoms with Gasteiger partial charge in [-0.15, -0.1) is 0 Å². The summed E-state index contributed by atoms with van der Waals surface area (Å²) in [5, 5.41) is 8.78. The molecule has 92 valence electrons. The monoisotopic (exact) mass is 235 g/mol. The first-order valence-corrected chi connectivity index (χ1v) is 5.82. The molecule has 1 aliphatic rings. The molecular formula is C13H17NO3. The van der Waals surface area contributed by atoms with Crippen molar-refractivity contribution in [1.82, 2.24) is 0 Å². The number of benzene rings is 1. The molecule has 1 aromatic carbocycles. The first-order valence-electron chi connectivity index (χ1n) is 5.82. The summed E-state index contributed by atoms with van der Waals surface area (Å²) in [6, 6.07) is 7.15. The summed E-state index contributed by atoms with van der Waals surface area (Å²) in [6.45, 7) is 1.57. The Balaban J connectivity index is 2.08. The summed E-state index contributed by atoms with van der Waals surface area (Å²) >= 11 is 0. The van der Waals surface area contributed by atoms with Crippen molar-refractivity contribution < 1.29 is 14.6 Å². The lowest BCUT2D eigenvalue weighted by atomic mass is 9.95. The highest BCUT2D eigenvalue weighted by molar-refractivity contribution is 5.73. The smallest absolute Gasteiger partial charge is 0.320 e. The average Bonchev–Trinajstić information content (AvgIpc) is 2.82. The number of carboxylic acids is 1. The van der Waals surface area contributed by atoms with Gasteiger partial charge in [-0.05, 0) is 24.0 Å². The van der Waals surface area contributed by atoms with Crippen LogP contribution in [0, 0.1) is 0 Å². The number of aliphatic carboxylic acids is 1. The molecule has 0 aromatic heterocycles. The molecule has 0 amide bonds. The fourth-order valence-corrected chi connectivity index (χ4v) is 2.11. The van der Waals surface area contributed by atoms with Gasteiger partial charge in [0.25, 0.3) is 0 Å². The molecule has 2 unspecified atom stereocenters. The molecule has 0 bridgehead atoms. The summed E-state index contributed by atoms with van der Waals surface area (Å²) in [5.74, 6) is -0.518. The molecule has 0 aliphatic carbocycles. The van der Waals surface area contributed by atoms with Gasteiger partial charge in [0.1, 0.15) is 6.04 Å². The maximum absolute atomic E-state index is 10.7. The van der Waals surface area contributed by atoms with Gasteiger partial charge in [-0.2, -0.15) is 0 Å². The molecule has 1 saturated heterocycles. The Morgan fingerprint density at radius 2 is 2.41 bits per heavy atom. The van der Waals surface area contributed by atoms with E-state index in [0.29, 0.717) is 12.3 Å². The zero-order valence-corrected chi connectivity index (χ0v) is 9.63. The molecule has 1 aliphatic heterocycles. The van der Waals surface area contributed by atoms with Crippen molar-refractivity contribution >= 4 is 5.97 Å². The van der Waals surface area contributed by atoms with Crippen molar-refractivity contribution in [3.63, 3.8) is 0 Å². The van der Waals surface area contributed by atoms with E-state index in [2.05, 4.69) is 6.07 Å². The molecule has 0 saturated carbocycles. The minimum absolute atomic E-state index is 0.372. The number of hydrogen-bond donors (Lipinski definition) is 2. The molecular weight excluding hydrogens is 218 g/mol. The van der Waals surface area contributed by atoms with Crippen LogP contribution in [0.4, 0.5) is 0 Å². The van der Waals surface area contributed by atoms with Gasteiger partial charge in [-0.3, -0.25) is 4.79 Å². The molecule has 1 heterocycles. The van der Waals surface area contributed by atoms with Gasteiger partial charge < -0.3 is 15.6 Å². The normalized spacial score (nSPS) is 21.4. The second-order valence-corrected chi connectivity index (χ2v) is 4.45. The third-order valence-electron chi connectivity index (χ3n) is 3.12. The molecule has 1 fully saturated rings. The van der Waals surface area contributed by atoms with Crippen molar-refractivity contribution in [1.29, 1.82) is 0 Å². The number of rotatable bonds is 4. The predicted octanol–water partition coefficient (Wildman–Crippen LogP) is 1.14. The highest BCUT2D eigenvalue weighted by Crippen LogP contribution is 2.25. The van der Waals surface area contributed by atoms with Crippen LogP contribution >= 0.6 is 0 Å². The minimum Gasteiger partial charge on any atom is -0.480 e. The number of hydrogen-bond acceptors (Lipinski definition) is 3. The highest BCUT2D eigenvalue weighted by Gasteiger charge is 2.18. The van der Waals surface area contributed by atoms with Crippen LogP contribution < -0.4 is 5.73 Å². The quantitative estimate of drug-likeness (QED) is 0.821. The second-order valence-electron chi connectivity index (χ2n) is 4.45. The standard InChI is InChI=1S/C13H17NO3/c14-12(13(15)16)7-9-2-1-3-10(6-9)11-4-5-17-8-11/h1-3,6,11-12H,4-5,7-8,14H2,(H,15,16). The largest absolute Gasteiger partial charge is 0.480 e. The van der Waals surface area contributed by atoms with Crippen LogP contribution in [-0.2, 0) is 16.0 Å². The fraction of sp³-hybridized carbons (Fsp3) is 0.462. The van der Waals surface area contributed by atoms with Gasteiger partial charge in [0.05, 0.1) is 6.61 Å². The lowest BCUT2D eigenvalue weighted by molar-refractivity contribution is -0.138. The molecule has 17 heavy (non-hydrogen) atoms. The van der Waals surface area contributed by atoms with Gasteiger partial charge >= 0.3 is 5.97 Å². The van der Waals surface area contributed by atoms with Crippen LogP contribution in [0.1, 0.15) is 23.5 Å². The van der Waals surface area contributed by atoms with E-state index in [1.807, 2.05) is 18.2 Å². The summed E-state index contributed by atoms with van der Waals surface area (Å²) in [7, 11) is 0. The average molecular weight is 235 g/mol. The van der Waals surface area contributed by atoms with Crippen molar-refractivity contribution in [2.75, 3.05) is 13.2 Å². The zero-order valence-electron chi connectivity index (χ0n) is 9.63. The molecule has 3 N–H and O–H groups in total. The van der Waals surface area contributed by atoms with E-state index in [1.165, 1.54) is 5.56 Å².